The van der Waals surface area contributed by atoms with E-state index in [2.05, 4.69) is 62.4 Å². The van der Waals surface area contributed by atoms with Crippen LogP contribution in [-0.4, -0.2) is 0 Å². The summed E-state index contributed by atoms with van der Waals surface area (Å²) in [6.07, 6.45) is 2.40. The van der Waals surface area contributed by atoms with Gasteiger partial charge in [-0.25, -0.2) is 0 Å². The van der Waals surface area contributed by atoms with E-state index >= 15 is 0 Å². The van der Waals surface area contributed by atoms with Crippen LogP contribution in [0.1, 0.15) is 41.1 Å². The summed E-state index contributed by atoms with van der Waals surface area (Å²) in [7, 11) is 0. The fourth-order valence-corrected chi connectivity index (χ4v) is 2.96. The number of aryl methyl sites for hydroxylation is 2. The Bertz CT molecular complexity index is 582. The normalized spacial score (nSPS) is 18.1. The van der Waals surface area contributed by atoms with Crippen LogP contribution >= 0.6 is 0 Å². The third kappa shape index (κ3) is 2.08. The Kier molecular flexibility index (Phi) is 2.94. The average Bonchev–Trinajstić information content (AvgIpc) is 3.24. The summed E-state index contributed by atoms with van der Waals surface area (Å²) in [4.78, 5) is 0. The first-order valence-electron chi connectivity index (χ1n) is 7.02. The zero-order chi connectivity index (χ0) is 13.5. The summed E-state index contributed by atoms with van der Waals surface area (Å²) in [5, 5.41) is 0. The van der Waals surface area contributed by atoms with E-state index in [1.54, 1.807) is 0 Å². The van der Waals surface area contributed by atoms with Gasteiger partial charge < -0.3 is 5.73 Å². The minimum atomic E-state index is 0.106. The van der Waals surface area contributed by atoms with E-state index in [-0.39, 0.29) is 11.5 Å². The first-order valence-corrected chi connectivity index (χ1v) is 7.02. The van der Waals surface area contributed by atoms with Gasteiger partial charge in [-0.05, 0) is 48.9 Å². The molecule has 1 atom stereocenters. The van der Waals surface area contributed by atoms with Crippen molar-refractivity contribution in [3.63, 3.8) is 0 Å². The van der Waals surface area contributed by atoms with Gasteiger partial charge in [0, 0.05) is 11.5 Å². The van der Waals surface area contributed by atoms with Gasteiger partial charge in [-0.3, -0.25) is 0 Å². The first-order chi connectivity index (χ1) is 9.13. The van der Waals surface area contributed by atoms with Gasteiger partial charge in [0.1, 0.15) is 0 Å². The highest BCUT2D eigenvalue weighted by Crippen LogP contribution is 2.55. The molecule has 98 valence electrons. The van der Waals surface area contributed by atoms with Crippen LogP contribution in [-0.2, 0) is 5.41 Å². The zero-order valence-corrected chi connectivity index (χ0v) is 11.7. The van der Waals surface area contributed by atoms with Crippen LogP contribution in [0, 0.1) is 13.8 Å². The monoisotopic (exact) mass is 251 g/mol. The van der Waals surface area contributed by atoms with Gasteiger partial charge in [0.25, 0.3) is 0 Å². The quantitative estimate of drug-likeness (QED) is 0.875. The minimum Gasteiger partial charge on any atom is -0.323 e. The lowest BCUT2D eigenvalue weighted by Crippen LogP contribution is -2.26. The highest BCUT2D eigenvalue weighted by molar-refractivity contribution is 5.40. The highest BCUT2D eigenvalue weighted by Gasteiger charge is 2.49. The van der Waals surface area contributed by atoms with E-state index in [1.165, 1.54) is 35.1 Å². The second kappa shape index (κ2) is 4.50. The van der Waals surface area contributed by atoms with Crippen molar-refractivity contribution in [2.45, 2.75) is 38.1 Å². The maximum absolute atomic E-state index is 6.59. The molecule has 2 aromatic rings. The van der Waals surface area contributed by atoms with Crippen LogP contribution < -0.4 is 5.73 Å². The fourth-order valence-electron chi connectivity index (χ4n) is 2.96. The smallest absolute Gasteiger partial charge is 0.0393 e. The molecule has 0 radical (unpaired) electrons. The maximum Gasteiger partial charge on any atom is 0.0393 e. The Labute approximate surface area is 115 Å². The van der Waals surface area contributed by atoms with E-state index in [4.69, 9.17) is 5.73 Å². The summed E-state index contributed by atoms with van der Waals surface area (Å²) >= 11 is 0. The average molecular weight is 251 g/mol. The standard InChI is InChI=1S/C18H21N/c1-13-8-9-15(12-14(13)2)17(19)18(10-11-18)16-6-4-3-5-7-16/h3-9,12,17H,10-11,19H2,1-2H3. The van der Waals surface area contributed by atoms with Crippen LogP contribution in [0.5, 0.6) is 0 Å². The van der Waals surface area contributed by atoms with Crippen LogP contribution in [0.2, 0.25) is 0 Å². The molecule has 2 N–H and O–H groups in total. The SMILES string of the molecule is Cc1ccc(C(N)C2(c3ccccc3)CC2)cc1C. The number of nitrogens with two attached hydrogens (primary N) is 1. The molecule has 1 unspecified atom stereocenters. The number of benzene rings is 2. The van der Waals surface area contributed by atoms with Gasteiger partial charge in [0.2, 0.25) is 0 Å². The van der Waals surface area contributed by atoms with Crippen LogP contribution in [0.3, 0.4) is 0 Å². The molecule has 0 aliphatic heterocycles. The molecule has 0 bridgehead atoms. The molecule has 0 aromatic heterocycles. The Morgan fingerprint density at radius 3 is 2.21 bits per heavy atom. The van der Waals surface area contributed by atoms with Gasteiger partial charge in [0.15, 0.2) is 0 Å². The number of rotatable bonds is 3. The maximum atomic E-state index is 6.59. The topological polar surface area (TPSA) is 26.0 Å². The number of hydrogen-bond acceptors (Lipinski definition) is 1. The molecule has 19 heavy (non-hydrogen) atoms. The lowest BCUT2D eigenvalue weighted by Gasteiger charge is -2.25. The Morgan fingerprint density at radius 2 is 1.63 bits per heavy atom. The third-order valence-electron chi connectivity index (χ3n) is 4.62. The van der Waals surface area contributed by atoms with E-state index in [0.717, 1.165) is 0 Å². The van der Waals surface area contributed by atoms with Gasteiger partial charge in [-0.15, -0.1) is 0 Å². The molecule has 0 heterocycles. The molecule has 0 amide bonds. The van der Waals surface area contributed by atoms with E-state index in [1.807, 2.05) is 0 Å². The lowest BCUT2D eigenvalue weighted by molar-refractivity contribution is 0.541. The fraction of sp³-hybridized carbons (Fsp3) is 0.333. The molecule has 1 heteroatoms. The largest absolute Gasteiger partial charge is 0.323 e. The highest BCUT2D eigenvalue weighted by atomic mass is 14.7. The summed E-state index contributed by atoms with van der Waals surface area (Å²) in [5.41, 5.74) is 12.1. The van der Waals surface area contributed by atoms with Crippen molar-refractivity contribution < 1.29 is 0 Å². The van der Waals surface area contributed by atoms with E-state index in [9.17, 15) is 0 Å². The molecular weight excluding hydrogens is 230 g/mol. The van der Waals surface area contributed by atoms with Crippen molar-refractivity contribution >= 4 is 0 Å². The van der Waals surface area contributed by atoms with Crippen LogP contribution in [0.4, 0.5) is 0 Å². The van der Waals surface area contributed by atoms with Crippen LogP contribution in [0.15, 0.2) is 48.5 Å². The predicted octanol–water partition coefficient (Wildman–Crippen LogP) is 4.04. The van der Waals surface area contributed by atoms with Gasteiger partial charge >= 0.3 is 0 Å². The molecule has 1 saturated carbocycles. The first kappa shape index (κ1) is 12.4. The molecular formula is C18H21N. The van der Waals surface area contributed by atoms with E-state index < -0.39 is 0 Å². The Balaban J connectivity index is 1.96. The molecule has 0 saturated heterocycles. The summed E-state index contributed by atoms with van der Waals surface area (Å²) in [6, 6.07) is 17.5. The van der Waals surface area contributed by atoms with Crippen molar-refractivity contribution in [3.05, 3.63) is 70.8 Å². The Hall–Kier alpha value is -1.60. The molecule has 1 nitrogen and oxygen atoms in total. The minimum absolute atomic E-state index is 0.106. The van der Waals surface area contributed by atoms with Gasteiger partial charge in [-0.2, -0.15) is 0 Å². The molecule has 3 rings (SSSR count). The summed E-state index contributed by atoms with van der Waals surface area (Å²) < 4.78 is 0. The van der Waals surface area contributed by atoms with Gasteiger partial charge in [-0.1, -0.05) is 48.5 Å². The van der Waals surface area contributed by atoms with Crippen molar-refractivity contribution in [3.8, 4) is 0 Å². The lowest BCUT2D eigenvalue weighted by atomic mass is 9.84. The summed E-state index contributed by atoms with van der Waals surface area (Å²) in [6.45, 7) is 4.31. The van der Waals surface area contributed by atoms with Crippen molar-refractivity contribution in [2.75, 3.05) is 0 Å². The number of hydrogen-bond donors (Lipinski definition) is 1. The molecule has 2 aromatic carbocycles. The Morgan fingerprint density at radius 1 is 0.947 bits per heavy atom. The molecule has 1 aliphatic rings. The third-order valence-corrected chi connectivity index (χ3v) is 4.62. The van der Waals surface area contributed by atoms with Crippen molar-refractivity contribution in [2.24, 2.45) is 5.73 Å². The van der Waals surface area contributed by atoms with Gasteiger partial charge in [0.05, 0.1) is 0 Å². The molecule has 1 aliphatic carbocycles. The molecule has 0 spiro atoms. The second-order valence-corrected chi connectivity index (χ2v) is 5.84. The zero-order valence-electron chi connectivity index (χ0n) is 11.7. The van der Waals surface area contributed by atoms with Crippen molar-refractivity contribution in [1.82, 2.24) is 0 Å². The van der Waals surface area contributed by atoms with E-state index in [0.29, 0.717) is 0 Å². The second-order valence-electron chi connectivity index (χ2n) is 5.84. The van der Waals surface area contributed by atoms with Crippen LogP contribution in [0.25, 0.3) is 0 Å². The summed E-state index contributed by atoms with van der Waals surface area (Å²) in [5.74, 6) is 0. The molecule has 1 fully saturated rings. The van der Waals surface area contributed by atoms with Crippen molar-refractivity contribution in [1.29, 1.82) is 0 Å². The predicted molar refractivity (Wildman–Crippen MR) is 80.2 cm³/mol.